The smallest absolute Gasteiger partial charge is 0.410 e. The van der Waals surface area contributed by atoms with Crippen LogP contribution in [0, 0.1) is 0 Å². The van der Waals surface area contributed by atoms with Crippen LogP contribution in [0.4, 0.5) is 10.5 Å². The van der Waals surface area contributed by atoms with E-state index in [1.54, 1.807) is 41.1 Å². The van der Waals surface area contributed by atoms with Crippen molar-refractivity contribution in [2.24, 2.45) is 0 Å². The Hall–Kier alpha value is -3.00. The minimum Gasteiger partial charge on any atom is -0.450 e. The highest BCUT2D eigenvalue weighted by molar-refractivity contribution is 7.16. The molecular formula is C19H18N4O3S. The summed E-state index contributed by atoms with van der Waals surface area (Å²) in [7, 11) is 0. The fourth-order valence-electron chi connectivity index (χ4n) is 3.19. The van der Waals surface area contributed by atoms with E-state index in [1.165, 1.54) is 0 Å². The van der Waals surface area contributed by atoms with Gasteiger partial charge in [0, 0.05) is 24.6 Å². The number of thiazole rings is 1. The van der Waals surface area contributed by atoms with E-state index < -0.39 is 0 Å². The van der Waals surface area contributed by atoms with E-state index in [0.29, 0.717) is 37.4 Å². The molecule has 1 aromatic carbocycles. The SMILES string of the molecule is CCOC(=O)N1CCc2c(cncc2C(=O)Nc2ccc3scnc3c2)C1. The van der Waals surface area contributed by atoms with Crippen molar-refractivity contribution in [3.8, 4) is 0 Å². The Bertz CT molecular complexity index is 1020. The quantitative estimate of drug-likeness (QED) is 0.750. The molecule has 0 saturated carbocycles. The van der Waals surface area contributed by atoms with Gasteiger partial charge in [-0.15, -0.1) is 11.3 Å². The number of nitrogens with zero attached hydrogens (tertiary/aromatic N) is 3. The lowest BCUT2D eigenvalue weighted by Gasteiger charge is -2.28. The molecule has 0 saturated heterocycles. The number of hydrogen-bond donors (Lipinski definition) is 1. The molecule has 1 N–H and O–H groups in total. The zero-order chi connectivity index (χ0) is 18.8. The standard InChI is InChI=1S/C19H18N4O3S/c1-2-26-19(25)23-6-5-14-12(10-23)8-20-9-15(14)18(24)22-13-3-4-17-16(7-13)21-11-27-17/h3-4,7-9,11H,2,5-6,10H2,1H3,(H,22,24). The number of fused-ring (bicyclic) bond motifs is 2. The molecule has 1 aliphatic heterocycles. The molecule has 0 aliphatic carbocycles. The van der Waals surface area contributed by atoms with Crippen molar-refractivity contribution in [1.29, 1.82) is 0 Å². The van der Waals surface area contributed by atoms with Gasteiger partial charge in [0.25, 0.3) is 5.91 Å². The van der Waals surface area contributed by atoms with Crippen LogP contribution in [0.5, 0.6) is 0 Å². The van der Waals surface area contributed by atoms with Crippen LogP contribution in [0.15, 0.2) is 36.1 Å². The van der Waals surface area contributed by atoms with Crippen molar-refractivity contribution in [3.63, 3.8) is 0 Å². The number of pyridine rings is 1. The van der Waals surface area contributed by atoms with Gasteiger partial charge in [0.1, 0.15) is 0 Å². The lowest BCUT2D eigenvalue weighted by Crippen LogP contribution is -2.37. The number of benzene rings is 1. The van der Waals surface area contributed by atoms with Gasteiger partial charge in [0.15, 0.2) is 0 Å². The summed E-state index contributed by atoms with van der Waals surface area (Å²) in [6, 6.07) is 5.66. The fraction of sp³-hybridized carbons (Fsp3) is 0.263. The summed E-state index contributed by atoms with van der Waals surface area (Å²) >= 11 is 1.56. The maximum absolute atomic E-state index is 12.8. The molecule has 2 aromatic heterocycles. The van der Waals surface area contributed by atoms with Crippen LogP contribution in [0.1, 0.15) is 28.4 Å². The van der Waals surface area contributed by atoms with Gasteiger partial charge in [0.05, 0.1) is 34.4 Å². The maximum atomic E-state index is 12.8. The minimum absolute atomic E-state index is 0.210. The van der Waals surface area contributed by atoms with Crippen molar-refractivity contribution in [3.05, 3.63) is 52.8 Å². The molecule has 3 aromatic rings. The Labute approximate surface area is 160 Å². The summed E-state index contributed by atoms with van der Waals surface area (Å²) in [4.78, 5) is 34.9. The summed E-state index contributed by atoms with van der Waals surface area (Å²) in [6.45, 7) is 3.03. The van der Waals surface area contributed by atoms with Crippen molar-refractivity contribution < 1.29 is 14.3 Å². The Morgan fingerprint density at radius 2 is 2.22 bits per heavy atom. The normalized spacial score (nSPS) is 13.3. The maximum Gasteiger partial charge on any atom is 0.410 e. The molecule has 0 spiro atoms. The number of nitrogens with one attached hydrogen (secondary N) is 1. The van der Waals surface area contributed by atoms with Crippen LogP contribution in [0.3, 0.4) is 0 Å². The second-order valence-electron chi connectivity index (χ2n) is 6.18. The Morgan fingerprint density at radius 1 is 1.33 bits per heavy atom. The summed E-state index contributed by atoms with van der Waals surface area (Å²) in [5.41, 5.74) is 5.67. The van der Waals surface area contributed by atoms with E-state index >= 15 is 0 Å². The first-order chi connectivity index (χ1) is 13.2. The van der Waals surface area contributed by atoms with Gasteiger partial charge >= 0.3 is 6.09 Å². The molecule has 1 aliphatic rings. The van der Waals surface area contributed by atoms with Crippen LogP contribution in [-0.2, 0) is 17.7 Å². The number of ether oxygens (including phenoxy) is 1. The minimum atomic E-state index is -0.338. The first-order valence-electron chi connectivity index (χ1n) is 8.67. The molecule has 8 heteroatoms. The van der Waals surface area contributed by atoms with Crippen LogP contribution < -0.4 is 5.32 Å². The highest BCUT2D eigenvalue weighted by atomic mass is 32.1. The van der Waals surface area contributed by atoms with E-state index in [-0.39, 0.29) is 12.0 Å². The third-order valence-electron chi connectivity index (χ3n) is 4.50. The molecular weight excluding hydrogens is 364 g/mol. The lowest BCUT2D eigenvalue weighted by atomic mass is 9.97. The van der Waals surface area contributed by atoms with E-state index in [0.717, 1.165) is 21.3 Å². The third-order valence-corrected chi connectivity index (χ3v) is 5.31. The van der Waals surface area contributed by atoms with Gasteiger partial charge in [0.2, 0.25) is 0 Å². The predicted molar refractivity (Wildman–Crippen MR) is 103 cm³/mol. The molecule has 0 atom stereocenters. The van der Waals surface area contributed by atoms with Gasteiger partial charge in [-0.2, -0.15) is 0 Å². The number of hydrogen-bond acceptors (Lipinski definition) is 6. The van der Waals surface area contributed by atoms with Crippen molar-refractivity contribution in [2.45, 2.75) is 19.9 Å². The van der Waals surface area contributed by atoms with Crippen LogP contribution >= 0.6 is 11.3 Å². The Kier molecular flexibility index (Phi) is 4.72. The average Bonchev–Trinajstić information content (AvgIpc) is 3.15. The topological polar surface area (TPSA) is 84.4 Å². The zero-order valence-electron chi connectivity index (χ0n) is 14.8. The van der Waals surface area contributed by atoms with Gasteiger partial charge in [-0.3, -0.25) is 9.78 Å². The molecule has 0 radical (unpaired) electrons. The number of amides is 2. The molecule has 0 bridgehead atoms. The first-order valence-corrected chi connectivity index (χ1v) is 9.55. The molecule has 138 valence electrons. The molecule has 0 fully saturated rings. The van der Waals surface area contributed by atoms with Gasteiger partial charge in [-0.05, 0) is 42.7 Å². The summed E-state index contributed by atoms with van der Waals surface area (Å²) in [5, 5.41) is 2.93. The Morgan fingerprint density at radius 3 is 3.07 bits per heavy atom. The average molecular weight is 382 g/mol. The first kappa shape index (κ1) is 17.4. The highest BCUT2D eigenvalue weighted by Crippen LogP contribution is 2.25. The summed E-state index contributed by atoms with van der Waals surface area (Å²) in [5.74, 6) is -0.210. The number of anilines is 1. The van der Waals surface area contributed by atoms with E-state index in [2.05, 4.69) is 15.3 Å². The van der Waals surface area contributed by atoms with Gasteiger partial charge in [-0.25, -0.2) is 9.78 Å². The van der Waals surface area contributed by atoms with Crippen LogP contribution in [0.2, 0.25) is 0 Å². The highest BCUT2D eigenvalue weighted by Gasteiger charge is 2.25. The van der Waals surface area contributed by atoms with Gasteiger partial charge < -0.3 is 15.0 Å². The molecule has 2 amide bonds. The molecule has 7 nitrogen and oxygen atoms in total. The summed E-state index contributed by atoms with van der Waals surface area (Å²) < 4.78 is 6.14. The van der Waals surface area contributed by atoms with Crippen molar-refractivity contribution >= 4 is 39.2 Å². The van der Waals surface area contributed by atoms with E-state index in [1.807, 2.05) is 18.2 Å². The second kappa shape index (κ2) is 7.32. The number of rotatable bonds is 3. The van der Waals surface area contributed by atoms with Gasteiger partial charge in [-0.1, -0.05) is 0 Å². The monoisotopic (exact) mass is 382 g/mol. The van der Waals surface area contributed by atoms with E-state index in [9.17, 15) is 9.59 Å². The number of aromatic nitrogens is 2. The zero-order valence-corrected chi connectivity index (χ0v) is 15.6. The third kappa shape index (κ3) is 3.48. The molecule has 3 heterocycles. The fourth-order valence-corrected chi connectivity index (χ4v) is 3.85. The lowest BCUT2D eigenvalue weighted by molar-refractivity contribution is 0.101. The van der Waals surface area contributed by atoms with Crippen molar-refractivity contribution in [1.82, 2.24) is 14.9 Å². The Balaban J connectivity index is 1.55. The summed E-state index contributed by atoms with van der Waals surface area (Å²) in [6.07, 6.45) is 3.54. The van der Waals surface area contributed by atoms with Crippen molar-refractivity contribution in [2.75, 3.05) is 18.5 Å². The van der Waals surface area contributed by atoms with Crippen LogP contribution in [-0.4, -0.2) is 40.0 Å². The largest absolute Gasteiger partial charge is 0.450 e. The molecule has 27 heavy (non-hydrogen) atoms. The number of carbonyl (C=O) groups is 2. The van der Waals surface area contributed by atoms with E-state index in [4.69, 9.17) is 4.74 Å². The molecule has 4 rings (SSSR count). The second-order valence-corrected chi connectivity index (χ2v) is 7.07. The predicted octanol–water partition coefficient (Wildman–Crippen LogP) is 3.46. The van der Waals surface area contributed by atoms with Crippen LogP contribution in [0.25, 0.3) is 10.2 Å². The molecule has 0 unspecified atom stereocenters. The number of carbonyl (C=O) groups excluding carboxylic acids is 2.